The minimum atomic E-state index is 0.629. The van der Waals surface area contributed by atoms with E-state index in [1.165, 1.54) is 0 Å². The fraction of sp³-hybridized carbons (Fsp3) is 0. The molecule has 2 aromatic carbocycles. The molecule has 0 amide bonds. The molecule has 0 aliphatic carbocycles. The van der Waals surface area contributed by atoms with Crippen molar-refractivity contribution in [1.29, 1.82) is 0 Å². The van der Waals surface area contributed by atoms with Gasteiger partial charge in [-0.1, -0.05) is 30.3 Å². The smallest absolute Gasteiger partial charge is 0.227 e. The summed E-state index contributed by atoms with van der Waals surface area (Å²) in [5, 5.41) is 14.7. The number of pyridine rings is 1. The van der Waals surface area contributed by atoms with E-state index >= 15 is 0 Å². The van der Waals surface area contributed by atoms with Crippen LogP contribution in [0.4, 0.5) is 0 Å². The second-order valence-electron chi connectivity index (χ2n) is 4.31. The second-order valence-corrected chi connectivity index (χ2v) is 4.31. The molecule has 0 aliphatic heterocycles. The lowest BCUT2D eigenvalue weighted by molar-refractivity contribution is -0.575. The van der Waals surface area contributed by atoms with Crippen LogP contribution in [0.3, 0.4) is 0 Å². The number of benzene rings is 2. The molecule has 0 aliphatic rings. The average molecular weight is 235 g/mol. The van der Waals surface area contributed by atoms with Gasteiger partial charge in [0.05, 0.1) is 10.8 Å². The molecule has 18 heavy (non-hydrogen) atoms. The fourth-order valence-electron chi connectivity index (χ4n) is 2.44. The SMILES string of the molecule is [O-][n+]1cc2c3ccccc3oc2c2ccccc21. The molecule has 2 heterocycles. The molecule has 0 fully saturated rings. The monoisotopic (exact) mass is 235 g/mol. The van der Waals surface area contributed by atoms with Crippen molar-refractivity contribution < 1.29 is 9.15 Å². The molecule has 0 saturated carbocycles. The minimum absolute atomic E-state index is 0.629. The number of hydrogen-bond acceptors (Lipinski definition) is 2. The van der Waals surface area contributed by atoms with Gasteiger partial charge in [-0.15, -0.1) is 0 Å². The predicted octanol–water partition coefficient (Wildman–Crippen LogP) is 3.37. The molecule has 0 atom stereocenters. The van der Waals surface area contributed by atoms with Crippen LogP contribution in [0.2, 0.25) is 0 Å². The Balaban J connectivity index is 2.36. The molecule has 4 aromatic rings. The van der Waals surface area contributed by atoms with Crippen LogP contribution in [-0.4, -0.2) is 0 Å². The van der Waals surface area contributed by atoms with Crippen molar-refractivity contribution in [3.63, 3.8) is 0 Å². The first kappa shape index (κ1) is 9.48. The number of nitrogens with zero attached hydrogens (tertiary/aromatic N) is 1. The van der Waals surface area contributed by atoms with Gasteiger partial charge in [-0.05, 0) is 12.1 Å². The number of para-hydroxylation sites is 2. The quantitative estimate of drug-likeness (QED) is 0.346. The molecule has 0 saturated heterocycles. The Bertz CT molecular complexity index is 893. The third kappa shape index (κ3) is 1.10. The zero-order valence-electron chi connectivity index (χ0n) is 9.46. The number of rotatable bonds is 0. The highest BCUT2D eigenvalue weighted by Crippen LogP contribution is 2.31. The molecule has 4 rings (SSSR count). The maximum atomic E-state index is 12.0. The Labute approximate surface area is 102 Å². The molecule has 0 bridgehead atoms. The summed E-state index contributed by atoms with van der Waals surface area (Å²) < 4.78 is 6.77. The first-order valence-electron chi connectivity index (χ1n) is 5.77. The highest BCUT2D eigenvalue weighted by atomic mass is 16.5. The van der Waals surface area contributed by atoms with E-state index in [1.807, 2.05) is 42.5 Å². The van der Waals surface area contributed by atoms with Gasteiger partial charge in [0.15, 0.2) is 11.8 Å². The molecular weight excluding hydrogens is 226 g/mol. The van der Waals surface area contributed by atoms with Crippen molar-refractivity contribution in [3.8, 4) is 0 Å². The average Bonchev–Trinajstić information content (AvgIpc) is 2.78. The third-order valence-corrected chi connectivity index (χ3v) is 3.27. The fourth-order valence-corrected chi connectivity index (χ4v) is 2.44. The Morgan fingerprint density at radius 1 is 0.833 bits per heavy atom. The molecule has 0 radical (unpaired) electrons. The summed E-state index contributed by atoms with van der Waals surface area (Å²) in [5.74, 6) is 0. The molecule has 86 valence electrons. The minimum Gasteiger partial charge on any atom is -0.618 e. The lowest BCUT2D eigenvalue weighted by Crippen LogP contribution is -2.25. The summed E-state index contributed by atoms with van der Waals surface area (Å²) in [4.78, 5) is 0. The second kappa shape index (κ2) is 3.23. The van der Waals surface area contributed by atoms with E-state index in [4.69, 9.17) is 4.42 Å². The van der Waals surface area contributed by atoms with Gasteiger partial charge in [-0.2, -0.15) is 4.73 Å². The van der Waals surface area contributed by atoms with E-state index in [0.717, 1.165) is 32.1 Å². The van der Waals surface area contributed by atoms with Crippen LogP contribution in [0.5, 0.6) is 0 Å². The zero-order valence-corrected chi connectivity index (χ0v) is 9.46. The van der Waals surface area contributed by atoms with Gasteiger partial charge in [0, 0.05) is 11.5 Å². The summed E-state index contributed by atoms with van der Waals surface area (Å²) >= 11 is 0. The van der Waals surface area contributed by atoms with E-state index in [0.29, 0.717) is 5.52 Å². The summed E-state index contributed by atoms with van der Waals surface area (Å²) in [6, 6.07) is 15.2. The highest BCUT2D eigenvalue weighted by Gasteiger charge is 2.15. The van der Waals surface area contributed by atoms with E-state index in [2.05, 4.69) is 0 Å². The number of hydrogen-bond donors (Lipinski definition) is 0. The maximum absolute atomic E-state index is 12.0. The van der Waals surface area contributed by atoms with Crippen LogP contribution in [0.25, 0.3) is 32.8 Å². The largest absolute Gasteiger partial charge is 0.618 e. The van der Waals surface area contributed by atoms with Crippen molar-refractivity contribution in [2.45, 2.75) is 0 Å². The Morgan fingerprint density at radius 2 is 1.56 bits per heavy atom. The van der Waals surface area contributed by atoms with E-state index in [9.17, 15) is 5.21 Å². The number of furan rings is 1. The molecular formula is C15H9NO2. The summed E-state index contributed by atoms with van der Waals surface area (Å²) in [6.07, 6.45) is 1.59. The maximum Gasteiger partial charge on any atom is 0.227 e. The van der Waals surface area contributed by atoms with Crippen LogP contribution in [0, 0.1) is 5.21 Å². The number of aromatic nitrogens is 1. The normalized spacial score (nSPS) is 11.6. The van der Waals surface area contributed by atoms with Crippen molar-refractivity contribution in [1.82, 2.24) is 0 Å². The van der Waals surface area contributed by atoms with Gasteiger partial charge in [0.1, 0.15) is 5.58 Å². The predicted molar refractivity (Wildman–Crippen MR) is 70.2 cm³/mol. The van der Waals surface area contributed by atoms with Crippen molar-refractivity contribution >= 4 is 32.8 Å². The highest BCUT2D eigenvalue weighted by molar-refractivity contribution is 6.12. The molecule has 0 N–H and O–H groups in total. The van der Waals surface area contributed by atoms with E-state index in [1.54, 1.807) is 12.3 Å². The van der Waals surface area contributed by atoms with Crippen LogP contribution in [-0.2, 0) is 0 Å². The topological polar surface area (TPSA) is 40.1 Å². The van der Waals surface area contributed by atoms with Crippen molar-refractivity contribution in [2.75, 3.05) is 0 Å². The first-order chi connectivity index (χ1) is 8.84. The molecule has 0 spiro atoms. The lowest BCUT2D eigenvalue weighted by atomic mass is 10.1. The molecule has 3 nitrogen and oxygen atoms in total. The van der Waals surface area contributed by atoms with Crippen molar-refractivity contribution in [2.24, 2.45) is 0 Å². The van der Waals surface area contributed by atoms with E-state index < -0.39 is 0 Å². The Hall–Kier alpha value is -2.55. The number of fused-ring (bicyclic) bond motifs is 5. The van der Waals surface area contributed by atoms with Gasteiger partial charge < -0.3 is 9.62 Å². The van der Waals surface area contributed by atoms with Gasteiger partial charge in [0.2, 0.25) is 5.52 Å². The zero-order chi connectivity index (χ0) is 12.1. The van der Waals surface area contributed by atoms with Crippen LogP contribution >= 0.6 is 0 Å². The Morgan fingerprint density at radius 3 is 2.44 bits per heavy atom. The molecule has 0 unspecified atom stereocenters. The lowest BCUT2D eigenvalue weighted by Gasteiger charge is -2.01. The van der Waals surface area contributed by atoms with Crippen LogP contribution in [0.1, 0.15) is 0 Å². The standard InChI is InChI=1S/C15H9NO2/c17-16-9-12-10-5-2-4-8-14(10)18-15(12)11-6-1-3-7-13(11)16/h1-9H. The first-order valence-corrected chi connectivity index (χ1v) is 5.77. The third-order valence-electron chi connectivity index (χ3n) is 3.27. The summed E-state index contributed by atoms with van der Waals surface area (Å²) in [6.45, 7) is 0. The van der Waals surface area contributed by atoms with Gasteiger partial charge >= 0.3 is 0 Å². The van der Waals surface area contributed by atoms with Gasteiger partial charge in [-0.25, -0.2) is 0 Å². The van der Waals surface area contributed by atoms with Gasteiger partial charge in [0.25, 0.3) is 0 Å². The van der Waals surface area contributed by atoms with Gasteiger partial charge in [-0.3, -0.25) is 0 Å². The molecule has 2 aromatic heterocycles. The van der Waals surface area contributed by atoms with Crippen LogP contribution in [0.15, 0.2) is 59.1 Å². The Kier molecular flexibility index (Phi) is 1.70. The van der Waals surface area contributed by atoms with E-state index in [-0.39, 0.29) is 0 Å². The summed E-state index contributed by atoms with van der Waals surface area (Å²) in [5.41, 5.74) is 2.21. The van der Waals surface area contributed by atoms with Crippen LogP contribution < -0.4 is 4.73 Å². The van der Waals surface area contributed by atoms with Crippen molar-refractivity contribution in [3.05, 3.63) is 59.9 Å². The molecule has 3 heteroatoms. The summed E-state index contributed by atoms with van der Waals surface area (Å²) in [7, 11) is 0.